The van der Waals surface area contributed by atoms with Crippen LogP contribution in [0.4, 0.5) is 0 Å². The molecule has 1 N–H and O–H groups in total. The van der Waals surface area contributed by atoms with Gasteiger partial charge in [0.25, 0.3) is 0 Å². The van der Waals surface area contributed by atoms with Crippen molar-refractivity contribution in [3.8, 4) is 0 Å². The number of hydrogen-bond donors (Lipinski definition) is 1. The standard InChI is InChI=1S/C10H22N2.CH4/c1-10(2,3)12-7-5-9(11-4)6-8-12;/h9,11H,5-8H2,1-4H3;1H4. The van der Waals surface area contributed by atoms with E-state index in [1.165, 1.54) is 25.9 Å². The van der Waals surface area contributed by atoms with Crippen LogP contribution in [0, 0.1) is 0 Å². The summed E-state index contributed by atoms with van der Waals surface area (Å²) in [5.74, 6) is 0. The van der Waals surface area contributed by atoms with Gasteiger partial charge in [0.05, 0.1) is 0 Å². The second kappa shape index (κ2) is 4.97. The third kappa shape index (κ3) is 3.65. The molecule has 0 aromatic heterocycles. The third-order valence-electron chi connectivity index (χ3n) is 2.85. The van der Waals surface area contributed by atoms with Crippen LogP contribution < -0.4 is 5.32 Å². The van der Waals surface area contributed by atoms with Crippen molar-refractivity contribution in [3.63, 3.8) is 0 Å². The summed E-state index contributed by atoms with van der Waals surface area (Å²) in [7, 11) is 2.07. The summed E-state index contributed by atoms with van der Waals surface area (Å²) < 4.78 is 0. The monoisotopic (exact) mass is 186 g/mol. The van der Waals surface area contributed by atoms with E-state index in [0.717, 1.165) is 6.04 Å². The fourth-order valence-corrected chi connectivity index (χ4v) is 1.84. The van der Waals surface area contributed by atoms with Gasteiger partial charge in [-0.15, -0.1) is 0 Å². The van der Waals surface area contributed by atoms with Crippen molar-refractivity contribution in [2.75, 3.05) is 20.1 Å². The molecule has 1 rings (SSSR count). The average molecular weight is 186 g/mol. The van der Waals surface area contributed by atoms with Gasteiger partial charge in [0, 0.05) is 24.7 Å². The number of rotatable bonds is 1. The van der Waals surface area contributed by atoms with Crippen LogP contribution in [0.1, 0.15) is 41.0 Å². The summed E-state index contributed by atoms with van der Waals surface area (Å²) in [6.07, 6.45) is 2.60. The Balaban J connectivity index is 0.00000144. The maximum absolute atomic E-state index is 3.35. The third-order valence-corrected chi connectivity index (χ3v) is 2.85. The summed E-state index contributed by atoms with van der Waals surface area (Å²) in [6.45, 7) is 9.39. The Morgan fingerprint density at radius 2 is 1.62 bits per heavy atom. The van der Waals surface area contributed by atoms with Crippen LogP contribution in [-0.4, -0.2) is 36.6 Å². The zero-order valence-corrected chi connectivity index (χ0v) is 8.85. The Labute approximate surface area is 83.7 Å². The molecule has 2 nitrogen and oxygen atoms in total. The second-order valence-electron chi connectivity index (χ2n) is 4.72. The SMILES string of the molecule is C.CNC1CCN(C(C)(C)C)CC1. The van der Waals surface area contributed by atoms with Gasteiger partial charge in [0.2, 0.25) is 0 Å². The van der Waals surface area contributed by atoms with E-state index in [9.17, 15) is 0 Å². The molecule has 0 radical (unpaired) electrons. The van der Waals surface area contributed by atoms with Gasteiger partial charge in [-0.3, -0.25) is 4.90 Å². The van der Waals surface area contributed by atoms with E-state index in [4.69, 9.17) is 0 Å². The molecule has 0 unspecified atom stereocenters. The molecule has 0 saturated carbocycles. The number of nitrogens with one attached hydrogen (secondary N) is 1. The fourth-order valence-electron chi connectivity index (χ4n) is 1.84. The quantitative estimate of drug-likeness (QED) is 0.674. The van der Waals surface area contributed by atoms with Gasteiger partial charge in [-0.05, 0) is 40.7 Å². The lowest BCUT2D eigenvalue weighted by molar-refractivity contribution is 0.0979. The summed E-state index contributed by atoms with van der Waals surface area (Å²) in [5.41, 5.74) is 0.360. The molecule has 1 aliphatic rings. The highest BCUT2D eigenvalue weighted by molar-refractivity contribution is 4.83. The van der Waals surface area contributed by atoms with E-state index in [1.54, 1.807) is 0 Å². The molecule has 13 heavy (non-hydrogen) atoms. The van der Waals surface area contributed by atoms with Gasteiger partial charge in [-0.1, -0.05) is 7.43 Å². The Morgan fingerprint density at radius 1 is 1.15 bits per heavy atom. The molecular formula is C11H26N2. The first-order valence-electron chi connectivity index (χ1n) is 4.96. The zero-order chi connectivity index (χ0) is 9.19. The van der Waals surface area contributed by atoms with Crippen molar-refractivity contribution in [2.45, 2.75) is 52.6 Å². The van der Waals surface area contributed by atoms with Crippen LogP contribution >= 0.6 is 0 Å². The highest BCUT2D eigenvalue weighted by Crippen LogP contribution is 2.19. The van der Waals surface area contributed by atoms with Crippen LogP contribution in [0.15, 0.2) is 0 Å². The molecule has 0 spiro atoms. The number of likely N-dealkylation sites (tertiary alicyclic amines) is 1. The molecule has 0 aromatic rings. The first-order chi connectivity index (χ1) is 5.54. The minimum Gasteiger partial charge on any atom is -0.317 e. The highest BCUT2D eigenvalue weighted by Gasteiger charge is 2.25. The van der Waals surface area contributed by atoms with Crippen molar-refractivity contribution >= 4 is 0 Å². The predicted octanol–water partition coefficient (Wildman–Crippen LogP) is 2.10. The molecule has 0 aliphatic carbocycles. The van der Waals surface area contributed by atoms with Crippen molar-refractivity contribution in [1.29, 1.82) is 0 Å². The lowest BCUT2D eigenvalue weighted by atomic mass is 9.98. The second-order valence-corrected chi connectivity index (χ2v) is 4.72. The molecule has 1 fully saturated rings. The minimum absolute atomic E-state index is 0. The van der Waals surface area contributed by atoms with Gasteiger partial charge < -0.3 is 5.32 Å². The molecule has 0 atom stereocenters. The van der Waals surface area contributed by atoms with Crippen molar-refractivity contribution < 1.29 is 0 Å². The summed E-state index contributed by atoms with van der Waals surface area (Å²) in [5, 5.41) is 3.35. The minimum atomic E-state index is 0. The number of nitrogens with zero attached hydrogens (tertiary/aromatic N) is 1. The molecule has 0 bridgehead atoms. The van der Waals surface area contributed by atoms with Crippen LogP contribution in [-0.2, 0) is 0 Å². The van der Waals surface area contributed by atoms with Crippen molar-refractivity contribution in [1.82, 2.24) is 10.2 Å². The summed E-state index contributed by atoms with van der Waals surface area (Å²) >= 11 is 0. The Bertz CT molecular complexity index is 130. The van der Waals surface area contributed by atoms with Gasteiger partial charge in [0.15, 0.2) is 0 Å². The molecule has 1 heterocycles. The molecule has 1 aliphatic heterocycles. The highest BCUT2D eigenvalue weighted by atomic mass is 15.2. The van der Waals surface area contributed by atoms with Crippen LogP contribution in [0.25, 0.3) is 0 Å². The van der Waals surface area contributed by atoms with Crippen molar-refractivity contribution in [2.24, 2.45) is 0 Å². The normalized spacial score (nSPS) is 21.2. The van der Waals surface area contributed by atoms with Crippen LogP contribution in [0.5, 0.6) is 0 Å². The van der Waals surface area contributed by atoms with Gasteiger partial charge in [0.1, 0.15) is 0 Å². The predicted molar refractivity (Wildman–Crippen MR) is 60.1 cm³/mol. The van der Waals surface area contributed by atoms with Crippen LogP contribution in [0.3, 0.4) is 0 Å². The molecule has 0 aromatic carbocycles. The molecule has 0 amide bonds. The molecule has 1 saturated heterocycles. The lowest BCUT2D eigenvalue weighted by Crippen LogP contribution is -2.49. The van der Waals surface area contributed by atoms with E-state index < -0.39 is 0 Å². The van der Waals surface area contributed by atoms with E-state index >= 15 is 0 Å². The summed E-state index contributed by atoms with van der Waals surface area (Å²) in [4.78, 5) is 2.57. The zero-order valence-electron chi connectivity index (χ0n) is 8.85. The number of piperidine rings is 1. The van der Waals surface area contributed by atoms with E-state index in [1.807, 2.05) is 0 Å². The average Bonchev–Trinajstić information content (AvgIpc) is 2.03. The smallest absolute Gasteiger partial charge is 0.0125 e. The summed E-state index contributed by atoms with van der Waals surface area (Å²) in [6, 6.07) is 0.753. The first-order valence-corrected chi connectivity index (χ1v) is 4.96. The van der Waals surface area contributed by atoms with E-state index in [2.05, 4.69) is 38.0 Å². The van der Waals surface area contributed by atoms with Gasteiger partial charge in [-0.2, -0.15) is 0 Å². The maximum atomic E-state index is 3.35. The fraction of sp³-hybridized carbons (Fsp3) is 1.00. The van der Waals surface area contributed by atoms with Gasteiger partial charge in [-0.25, -0.2) is 0 Å². The Hall–Kier alpha value is -0.0800. The van der Waals surface area contributed by atoms with E-state index in [-0.39, 0.29) is 7.43 Å². The molecular weight excluding hydrogens is 160 g/mol. The lowest BCUT2D eigenvalue weighted by Gasteiger charge is -2.40. The Morgan fingerprint density at radius 3 is 1.92 bits per heavy atom. The first kappa shape index (κ1) is 12.9. The molecule has 80 valence electrons. The topological polar surface area (TPSA) is 15.3 Å². The number of hydrogen-bond acceptors (Lipinski definition) is 2. The maximum Gasteiger partial charge on any atom is 0.0125 e. The largest absolute Gasteiger partial charge is 0.317 e. The molecule has 2 heteroatoms. The van der Waals surface area contributed by atoms with Crippen LogP contribution in [0.2, 0.25) is 0 Å². The van der Waals surface area contributed by atoms with E-state index in [0.29, 0.717) is 5.54 Å². The van der Waals surface area contributed by atoms with Crippen molar-refractivity contribution in [3.05, 3.63) is 0 Å². The Kier molecular flexibility index (Phi) is 4.93. The van der Waals surface area contributed by atoms with Gasteiger partial charge >= 0.3 is 0 Å².